The van der Waals surface area contributed by atoms with Gasteiger partial charge in [-0.05, 0) is 13.1 Å². The molecule has 0 unspecified atom stereocenters. The first-order valence-electron chi connectivity index (χ1n) is 3.02. The number of aryl methyl sites for hydroxylation is 1. The Morgan fingerprint density at radius 1 is 1.08 bits per heavy atom. The summed E-state index contributed by atoms with van der Waals surface area (Å²) in [6, 6.07) is 10.3. The van der Waals surface area contributed by atoms with Crippen molar-refractivity contribution in [3.05, 3.63) is 35.9 Å². The van der Waals surface area contributed by atoms with Crippen LogP contribution in [0.1, 0.15) is 5.56 Å². The first-order valence-corrected chi connectivity index (χ1v) is 3.02. The number of hydrogen-bond donors (Lipinski definition) is 0. The van der Waals surface area contributed by atoms with E-state index in [1.54, 1.807) is 0 Å². The van der Waals surface area contributed by atoms with Crippen molar-refractivity contribution in [1.29, 1.82) is 0 Å². The van der Waals surface area contributed by atoms with Crippen LogP contribution in [0.3, 0.4) is 0 Å². The molecule has 1 aromatic carbocycles. The van der Waals surface area contributed by atoms with Crippen molar-refractivity contribution in [1.82, 2.24) is 0 Å². The molecule has 0 atom stereocenters. The van der Waals surface area contributed by atoms with E-state index in [-0.39, 0.29) is 138 Å². The van der Waals surface area contributed by atoms with E-state index >= 15 is 0 Å². The Labute approximate surface area is 196 Å². The number of carbonyl (C=O) groups excluding carboxylic acids is 1. The van der Waals surface area contributed by atoms with Gasteiger partial charge < -0.3 is 15.0 Å². The molecule has 0 aliphatic heterocycles. The second kappa shape index (κ2) is 14.6. The molecule has 13 heavy (non-hydrogen) atoms. The summed E-state index contributed by atoms with van der Waals surface area (Å²) in [6.07, 6.45) is -2.33. The third kappa shape index (κ3) is 20.6. The van der Waals surface area contributed by atoms with E-state index < -0.39 is 6.16 Å². The molecule has 0 amide bonds. The van der Waals surface area contributed by atoms with Crippen LogP contribution in [0.5, 0.6) is 0 Å². The second-order valence-corrected chi connectivity index (χ2v) is 1.90. The molecule has 0 aromatic heterocycles. The van der Waals surface area contributed by atoms with Gasteiger partial charge >= 0.3 is 138 Å². The maximum atomic E-state index is 8.33. The zero-order valence-corrected chi connectivity index (χ0v) is 20.7. The third-order valence-electron chi connectivity index (χ3n) is 0.940. The first kappa shape index (κ1) is 20.9. The van der Waals surface area contributed by atoms with E-state index in [1.165, 1.54) is 5.56 Å². The van der Waals surface area contributed by atoms with Crippen LogP contribution in [0.15, 0.2) is 30.3 Å². The summed E-state index contributed by atoms with van der Waals surface area (Å²) < 4.78 is 0. The summed E-state index contributed by atoms with van der Waals surface area (Å²) in [5.41, 5.74) is 1.32. The summed E-state index contributed by atoms with van der Waals surface area (Å²) >= 11 is 0. The van der Waals surface area contributed by atoms with Gasteiger partial charge in [0.05, 0.1) is 0 Å². The molecular formula is C8H8Cs2O3. The maximum Gasteiger partial charge on any atom is 1.00 e. The van der Waals surface area contributed by atoms with Crippen molar-refractivity contribution in [2.75, 3.05) is 0 Å². The van der Waals surface area contributed by atoms with Gasteiger partial charge in [0.15, 0.2) is 0 Å². The summed E-state index contributed by atoms with van der Waals surface area (Å²) in [6.45, 7) is 2.08. The van der Waals surface area contributed by atoms with Crippen molar-refractivity contribution in [2.24, 2.45) is 0 Å². The van der Waals surface area contributed by atoms with Gasteiger partial charge in [0.2, 0.25) is 0 Å². The monoisotopic (exact) mass is 418 g/mol. The van der Waals surface area contributed by atoms with Gasteiger partial charge in [-0.15, -0.1) is 0 Å². The predicted molar refractivity (Wildman–Crippen MR) is 36.6 cm³/mol. The average Bonchev–Trinajstić information content (AvgIpc) is 1.87. The van der Waals surface area contributed by atoms with Crippen molar-refractivity contribution < 1.29 is 153 Å². The van der Waals surface area contributed by atoms with Crippen LogP contribution in [-0.2, 0) is 0 Å². The van der Waals surface area contributed by atoms with Crippen LogP contribution in [0.2, 0.25) is 0 Å². The molecule has 0 heterocycles. The molecule has 5 heteroatoms. The number of hydrogen-bond acceptors (Lipinski definition) is 3. The second-order valence-electron chi connectivity index (χ2n) is 1.90. The first-order chi connectivity index (χ1) is 5.13. The van der Waals surface area contributed by atoms with Gasteiger partial charge in [-0.3, -0.25) is 0 Å². The van der Waals surface area contributed by atoms with Crippen LogP contribution in [0.25, 0.3) is 0 Å². The number of rotatable bonds is 0. The molecule has 1 aromatic rings. The minimum absolute atomic E-state index is 0. The third-order valence-corrected chi connectivity index (χ3v) is 0.940. The zero-order valence-electron chi connectivity index (χ0n) is 8.11. The van der Waals surface area contributed by atoms with Gasteiger partial charge in [0.25, 0.3) is 0 Å². The Morgan fingerprint density at radius 3 is 1.54 bits per heavy atom. The van der Waals surface area contributed by atoms with Crippen molar-refractivity contribution in [2.45, 2.75) is 6.92 Å². The van der Waals surface area contributed by atoms with Gasteiger partial charge in [-0.2, -0.15) is 0 Å². The molecule has 0 aliphatic rings. The Balaban J connectivity index is -0.000000150. The molecule has 0 bridgehead atoms. The van der Waals surface area contributed by atoms with Crippen LogP contribution in [-0.4, -0.2) is 6.16 Å². The van der Waals surface area contributed by atoms with Crippen LogP contribution in [0.4, 0.5) is 4.79 Å². The quantitative estimate of drug-likeness (QED) is 0.422. The van der Waals surface area contributed by atoms with E-state index in [4.69, 9.17) is 15.0 Å². The SMILES string of the molecule is Cc1ccccc1.O=C([O-])[O-].[Cs+].[Cs+]. The molecule has 0 N–H and O–H groups in total. The topological polar surface area (TPSA) is 63.2 Å². The van der Waals surface area contributed by atoms with Crippen LogP contribution < -0.4 is 148 Å². The minimum atomic E-state index is -2.33. The van der Waals surface area contributed by atoms with E-state index in [9.17, 15) is 0 Å². The summed E-state index contributed by atoms with van der Waals surface area (Å²) in [5.74, 6) is 0. The van der Waals surface area contributed by atoms with Gasteiger partial charge in [-0.1, -0.05) is 35.9 Å². The van der Waals surface area contributed by atoms with Crippen molar-refractivity contribution >= 4 is 6.16 Å². The average molecular weight is 418 g/mol. The Bertz CT molecular complexity index is 210. The molecule has 0 spiro atoms. The number of carbonyl (C=O) groups is 1. The van der Waals surface area contributed by atoms with Gasteiger partial charge in [0.1, 0.15) is 0 Å². The smallest absolute Gasteiger partial charge is 0.652 e. The molecule has 0 radical (unpaired) electrons. The summed E-state index contributed by atoms with van der Waals surface area (Å²) in [5, 5.41) is 16.7. The van der Waals surface area contributed by atoms with Gasteiger partial charge in [-0.25, -0.2) is 0 Å². The van der Waals surface area contributed by atoms with Gasteiger partial charge in [0, 0.05) is 0 Å². The Morgan fingerprint density at radius 2 is 1.38 bits per heavy atom. The molecule has 1 rings (SSSR count). The van der Waals surface area contributed by atoms with Crippen molar-refractivity contribution in [3.63, 3.8) is 0 Å². The van der Waals surface area contributed by atoms with E-state index in [2.05, 4.69) is 19.1 Å². The molecule has 0 fully saturated rings. The molecule has 60 valence electrons. The normalized spacial score (nSPS) is 6.54. The fourth-order valence-electron chi connectivity index (χ4n) is 0.534. The largest absolute Gasteiger partial charge is 1.00 e. The molecule has 0 saturated heterocycles. The van der Waals surface area contributed by atoms with E-state index in [0.29, 0.717) is 0 Å². The predicted octanol–water partition coefficient (Wildman–Crippen LogP) is -6.44. The standard InChI is InChI=1S/C7H8.CH2O3.2Cs/c1-7-5-3-2-4-6-7;2-1(3)4;;/h2-6H,1H3;(H2,2,3,4);;/q;;2*+1/p-2. The van der Waals surface area contributed by atoms with Crippen LogP contribution >= 0.6 is 0 Å². The fourth-order valence-corrected chi connectivity index (χ4v) is 0.534. The molecule has 3 nitrogen and oxygen atoms in total. The van der Waals surface area contributed by atoms with E-state index in [0.717, 1.165) is 0 Å². The number of carboxylic acid groups (broad SMARTS) is 2. The fraction of sp³-hybridized carbons (Fsp3) is 0.125. The number of benzene rings is 1. The van der Waals surface area contributed by atoms with E-state index in [1.807, 2.05) is 18.2 Å². The van der Waals surface area contributed by atoms with Crippen LogP contribution in [0, 0.1) is 6.92 Å². The zero-order chi connectivity index (χ0) is 8.69. The molecule has 0 saturated carbocycles. The minimum Gasteiger partial charge on any atom is -0.652 e. The molecule has 0 aliphatic carbocycles. The summed E-state index contributed by atoms with van der Waals surface area (Å²) in [4.78, 5) is 8.33. The molecular weight excluding hydrogens is 410 g/mol. The Hall–Kier alpha value is 2.59. The maximum absolute atomic E-state index is 8.33. The van der Waals surface area contributed by atoms with Crippen molar-refractivity contribution in [3.8, 4) is 0 Å². The summed E-state index contributed by atoms with van der Waals surface area (Å²) in [7, 11) is 0. The Kier molecular flexibility index (Phi) is 23.5.